The summed E-state index contributed by atoms with van der Waals surface area (Å²) in [7, 11) is 0. The van der Waals surface area contributed by atoms with Gasteiger partial charge in [-0.25, -0.2) is 0 Å². The highest BCUT2D eigenvalue weighted by atomic mass is 16.4. The molecule has 0 aromatic rings. The van der Waals surface area contributed by atoms with E-state index in [4.69, 9.17) is 10.8 Å². The number of carboxylic acids is 1. The molecule has 1 fully saturated rings. The Hall–Kier alpha value is -1.10. The Morgan fingerprint density at radius 2 is 2.20 bits per heavy atom. The predicted octanol–water partition coefficient (Wildman–Crippen LogP) is 0.0485. The smallest absolute Gasteiger partial charge is 0.308 e. The van der Waals surface area contributed by atoms with Gasteiger partial charge >= 0.3 is 5.97 Å². The third-order valence-electron chi connectivity index (χ3n) is 2.72. The zero-order valence-corrected chi connectivity index (χ0v) is 8.82. The van der Waals surface area contributed by atoms with Gasteiger partial charge in [0.15, 0.2) is 0 Å². The molecule has 15 heavy (non-hydrogen) atoms. The first kappa shape index (κ1) is 12.0. The molecule has 0 aromatic carbocycles. The third kappa shape index (κ3) is 3.51. The molecule has 1 rings (SSSR count). The normalized spacial score (nSPS) is 21.4. The van der Waals surface area contributed by atoms with E-state index in [9.17, 15) is 9.59 Å². The van der Waals surface area contributed by atoms with Gasteiger partial charge in [-0.2, -0.15) is 0 Å². The van der Waals surface area contributed by atoms with Crippen molar-refractivity contribution in [3.8, 4) is 0 Å². The average molecular weight is 214 g/mol. The summed E-state index contributed by atoms with van der Waals surface area (Å²) in [6.45, 7) is 1.55. The van der Waals surface area contributed by atoms with Crippen LogP contribution in [0, 0.1) is 5.92 Å². The quantitative estimate of drug-likeness (QED) is 0.692. The highest BCUT2D eigenvalue weighted by molar-refractivity contribution is 5.78. The van der Waals surface area contributed by atoms with E-state index in [1.165, 1.54) is 0 Å². The zero-order valence-electron chi connectivity index (χ0n) is 8.82. The number of carbonyl (C=O) groups is 2. The van der Waals surface area contributed by atoms with Gasteiger partial charge in [-0.3, -0.25) is 9.59 Å². The van der Waals surface area contributed by atoms with Crippen LogP contribution in [0.3, 0.4) is 0 Å². The number of hydrogen-bond acceptors (Lipinski definition) is 3. The Bertz CT molecular complexity index is 243. The number of hydrogen-bond donors (Lipinski definition) is 2. The Morgan fingerprint density at radius 3 is 2.80 bits per heavy atom. The highest BCUT2D eigenvalue weighted by Gasteiger charge is 2.27. The Labute approximate surface area is 89.2 Å². The molecule has 1 amide bonds. The van der Waals surface area contributed by atoms with E-state index in [1.54, 1.807) is 4.90 Å². The monoisotopic (exact) mass is 214 g/mol. The summed E-state index contributed by atoms with van der Waals surface area (Å²) < 4.78 is 0. The van der Waals surface area contributed by atoms with Gasteiger partial charge in [0.25, 0.3) is 0 Å². The lowest BCUT2D eigenvalue weighted by Crippen LogP contribution is -2.42. The molecule has 0 saturated carbocycles. The maximum atomic E-state index is 11.6. The molecule has 1 atom stereocenters. The summed E-state index contributed by atoms with van der Waals surface area (Å²) in [6.07, 6.45) is 2.57. The standard InChI is InChI=1S/C10H18N2O3/c11-5-1-4-9(13)12-6-2-3-8(7-12)10(14)15/h8H,1-7,11H2,(H,14,15)/t8-/m0/s1. The molecule has 0 bridgehead atoms. The second-order valence-electron chi connectivity index (χ2n) is 3.91. The minimum atomic E-state index is -0.800. The van der Waals surface area contributed by atoms with Crippen LogP contribution >= 0.6 is 0 Å². The molecule has 1 saturated heterocycles. The van der Waals surface area contributed by atoms with Crippen LogP contribution in [0.4, 0.5) is 0 Å². The second kappa shape index (κ2) is 5.70. The molecule has 0 unspecified atom stereocenters. The van der Waals surface area contributed by atoms with Gasteiger partial charge in [0.1, 0.15) is 0 Å². The number of aliphatic carboxylic acids is 1. The van der Waals surface area contributed by atoms with Crippen LogP contribution in [0.25, 0.3) is 0 Å². The molecule has 1 aliphatic heterocycles. The first-order valence-corrected chi connectivity index (χ1v) is 5.35. The first-order valence-electron chi connectivity index (χ1n) is 5.35. The minimum absolute atomic E-state index is 0.0337. The van der Waals surface area contributed by atoms with Crippen LogP contribution in [-0.2, 0) is 9.59 Å². The SMILES string of the molecule is NCCCC(=O)N1CCC[C@H](C(=O)O)C1. The second-order valence-corrected chi connectivity index (χ2v) is 3.91. The molecule has 5 nitrogen and oxygen atoms in total. The molecule has 3 N–H and O–H groups in total. The predicted molar refractivity (Wildman–Crippen MR) is 55.2 cm³/mol. The van der Waals surface area contributed by atoms with Crippen LogP contribution in [0.5, 0.6) is 0 Å². The van der Waals surface area contributed by atoms with Crippen molar-refractivity contribution in [3.05, 3.63) is 0 Å². The van der Waals surface area contributed by atoms with Gasteiger partial charge in [0.05, 0.1) is 5.92 Å². The minimum Gasteiger partial charge on any atom is -0.481 e. The molecular weight excluding hydrogens is 196 g/mol. The van der Waals surface area contributed by atoms with Crippen LogP contribution in [-0.4, -0.2) is 41.5 Å². The van der Waals surface area contributed by atoms with Gasteiger partial charge in [-0.15, -0.1) is 0 Å². The number of amides is 1. The summed E-state index contributed by atoms with van der Waals surface area (Å²) in [5, 5.41) is 8.86. The summed E-state index contributed by atoms with van der Waals surface area (Å²) in [6, 6.07) is 0. The fourth-order valence-electron chi connectivity index (χ4n) is 1.82. The van der Waals surface area contributed by atoms with Gasteiger partial charge in [-0.05, 0) is 25.8 Å². The fourth-order valence-corrected chi connectivity index (χ4v) is 1.82. The Kier molecular flexibility index (Phi) is 4.55. The molecule has 5 heteroatoms. The largest absolute Gasteiger partial charge is 0.481 e. The van der Waals surface area contributed by atoms with Gasteiger partial charge < -0.3 is 15.7 Å². The summed E-state index contributed by atoms with van der Waals surface area (Å²) in [4.78, 5) is 24.0. The molecule has 1 aliphatic rings. The lowest BCUT2D eigenvalue weighted by molar-refractivity contribution is -0.145. The summed E-state index contributed by atoms with van der Waals surface area (Å²) >= 11 is 0. The van der Waals surface area contributed by atoms with Crippen molar-refractivity contribution in [1.29, 1.82) is 0 Å². The maximum Gasteiger partial charge on any atom is 0.308 e. The van der Waals surface area contributed by atoms with Crippen LogP contribution in [0.2, 0.25) is 0 Å². The number of likely N-dealkylation sites (tertiary alicyclic amines) is 1. The molecular formula is C10H18N2O3. The fraction of sp³-hybridized carbons (Fsp3) is 0.800. The van der Waals surface area contributed by atoms with E-state index in [-0.39, 0.29) is 11.8 Å². The maximum absolute atomic E-state index is 11.6. The first-order chi connectivity index (χ1) is 7.15. The molecule has 0 aliphatic carbocycles. The lowest BCUT2D eigenvalue weighted by Gasteiger charge is -2.30. The van der Waals surface area contributed by atoms with Crippen molar-refractivity contribution in [2.45, 2.75) is 25.7 Å². The van der Waals surface area contributed by atoms with Crippen molar-refractivity contribution >= 4 is 11.9 Å². The number of nitrogens with zero attached hydrogens (tertiary/aromatic N) is 1. The topological polar surface area (TPSA) is 83.6 Å². The van der Waals surface area contributed by atoms with Crippen molar-refractivity contribution < 1.29 is 14.7 Å². The van der Waals surface area contributed by atoms with E-state index in [2.05, 4.69) is 0 Å². The van der Waals surface area contributed by atoms with Crippen molar-refractivity contribution in [2.24, 2.45) is 11.7 Å². The van der Waals surface area contributed by atoms with Crippen LogP contribution in [0.15, 0.2) is 0 Å². The zero-order chi connectivity index (χ0) is 11.3. The average Bonchev–Trinajstić information content (AvgIpc) is 2.26. The van der Waals surface area contributed by atoms with Gasteiger partial charge in [0, 0.05) is 19.5 Å². The van der Waals surface area contributed by atoms with E-state index in [0.29, 0.717) is 38.9 Å². The highest BCUT2D eigenvalue weighted by Crippen LogP contribution is 2.17. The summed E-state index contributed by atoms with van der Waals surface area (Å²) in [5.74, 6) is -1.15. The Balaban J connectivity index is 2.41. The van der Waals surface area contributed by atoms with Crippen molar-refractivity contribution in [2.75, 3.05) is 19.6 Å². The summed E-state index contributed by atoms with van der Waals surface area (Å²) in [5.41, 5.74) is 5.32. The number of carboxylic acid groups (broad SMARTS) is 1. The van der Waals surface area contributed by atoms with E-state index in [1.807, 2.05) is 0 Å². The van der Waals surface area contributed by atoms with E-state index >= 15 is 0 Å². The van der Waals surface area contributed by atoms with Crippen molar-refractivity contribution in [1.82, 2.24) is 4.90 Å². The molecule has 0 spiro atoms. The van der Waals surface area contributed by atoms with Gasteiger partial charge in [-0.1, -0.05) is 0 Å². The third-order valence-corrected chi connectivity index (χ3v) is 2.72. The van der Waals surface area contributed by atoms with E-state index in [0.717, 1.165) is 6.42 Å². The van der Waals surface area contributed by atoms with Crippen LogP contribution < -0.4 is 5.73 Å². The number of piperidine rings is 1. The number of carbonyl (C=O) groups excluding carboxylic acids is 1. The molecule has 86 valence electrons. The van der Waals surface area contributed by atoms with E-state index < -0.39 is 5.97 Å². The number of rotatable bonds is 4. The van der Waals surface area contributed by atoms with Gasteiger partial charge in [0.2, 0.25) is 5.91 Å². The molecule has 0 aromatic heterocycles. The molecule has 1 heterocycles. The Morgan fingerprint density at radius 1 is 1.47 bits per heavy atom. The van der Waals surface area contributed by atoms with Crippen molar-refractivity contribution in [3.63, 3.8) is 0 Å². The lowest BCUT2D eigenvalue weighted by atomic mass is 9.98. The molecule has 0 radical (unpaired) electrons. The number of nitrogens with two attached hydrogens (primary N) is 1. The van der Waals surface area contributed by atoms with Crippen LogP contribution in [0.1, 0.15) is 25.7 Å².